The molecule has 3 heterocycles. The summed E-state index contributed by atoms with van der Waals surface area (Å²) >= 11 is 0. The number of aromatic nitrogens is 3. The van der Waals surface area contributed by atoms with Crippen molar-refractivity contribution in [2.24, 2.45) is 0 Å². The summed E-state index contributed by atoms with van der Waals surface area (Å²) in [4.78, 5) is 28.9. The van der Waals surface area contributed by atoms with Crippen LogP contribution in [0.25, 0.3) is 21.8 Å². The Bertz CT molecular complexity index is 1220. The number of anilines is 1. The molecule has 0 amide bonds. The number of rotatable bonds is 2. The molecule has 2 aliphatic rings. The number of piperazine rings is 1. The molecule has 0 radical (unpaired) electrons. The van der Waals surface area contributed by atoms with Crippen molar-refractivity contribution >= 4 is 27.5 Å². The lowest BCUT2D eigenvalue weighted by Crippen LogP contribution is -2.45. The highest BCUT2D eigenvalue weighted by Gasteiger charge is 2.32. The minimum absolute atomic E-state index is 0.0329. The van der Waals surface area contributed by atoms with E-state index >= 15 is 4.39 Å². The van der Waals surface area contributed by atoms with E-state index in [-0.39, 0.29) is 28.0 Å². The lowest BCUT2D eigenvalue weighted by molar-refractivity contribution is 0.310. The molecule has 9 heteroatoms. The average Bonchev–Trinajstić information content (AvgIpc) is 3.49. The van der Waals surface area contributed by atoms with Crippen molar-refractivity contribution < 1.29 is 8.78 Å². The molecule has 2 fully saturated rings. The van der Waals surface area contributed by atoms with Gasteiger partial charge < -0.3 is 14.4 Å². The number of nitrogens with one attached hydrogen (secondary N) is 1. The largest absolute Gasteiger partial charge is 0.364 e. The van der Waals surface area contributed by atoms with Crippen LogP contribution in [0, 0.1) is 11.6 Å². The summed E-state index contributed by atoms with van der Waals surface area (Å²) in [5.41, 5.74) is -1.08. The van der Waals surface area contributed by atoms with Crippen molar-refractivity contribution in [3.63, 3.8) is 0 Å². The maximum absolute atomic E-state index is 15.7. The van der Waals surface area contributed by atoms with E-state index in [1.807, 2.05) is 7.05 Å². The number of likely N-dealkylation sites (N-methyl/N-ethyl adjacent to an activating group) is 1. The molecule has 5 rings (SSSR count). The van der Waals surface area contributed by atoms with Gasteiger partial charge in [-0.3, -0.25) is 9.59 Å². The number of hydrogen-bond acceptors (Lipinski definition) is 5. The van der Waals surface area contributed by atoms with Crippen LogP contribution in [0.2, 0.25) is 0 Å². The summed E-state index contributed by atoms with van der Waals surface area (Å²) in [6.07, 6.45) is 2.98. The Morgan fingerprint density at radius 1 is 1.14 bits per heavy atom. The number of fused-ring (bicyclic) bond motifs is 2. The number of hydrogen-bond donors (Lipinski definition) is 1. The molecular formula is C19H19F2N5O2. The van der Waals surface area contributed by atoms with Gasteiger partial charge in [-0.05, 0) is 26.0 Å². The summed E-state index contributed by atoms with van der Waals surface area (Å²) in [6, 6.07) is 1.04. The maximum Gasteiger partial charge on any atom is 0.277 e. The number of halogens is 2. The normalized spacial score (nSPS) is 18.3. The molecule has 1 aliphatic carbocycles. The van der Waals surface area contributed by atoms with Crippen LogP contribution in [0.4, 0.5) is 14.5 Å². The molecule has 2 aromatic heterocycles. The van der Waals surface area contributed by atoms with Gasteiger partial charge in [-0.2, -0.15) is 5.10 Å². The van der Waals surface area contributed by atoms with Crippen LogP contribution in [0.15, 0.2) is 21.9 Å². The van der Waals surface area contributed by atoms with E-state index in [1.165, 1.54) is 6.20 Å². The highest BCUT2D eigenvalue weighted by molar-refractivity contribution is 5.95. The first-order valence-electron chi connectivity index (χ1n) is 9.34. The van der Waals surface area contributed by atoms with Gasteiger partial charge >= 0.3 is 0 Å². The molecule has 1 aliphatic heterocycles. The van der Waals surface area contributed by atoms with Crippen molar-refractivity contribution in [2.45, 2.75) is 18.9 Å². The molecule has 0 unspecified atom stereocenters. The Kier molecular flexibility index (Phi) is 3.77. The molecule has 7 nitrogen and oxygen atoms in total. The topological polar surface area (TPSA) is 74.2 Å². The Morgan fingerprint density at radius 3 is 2.54 bits per heavy atom. The molecule has 28 heavy (non-hydrogen) atoms. The van der Waals surface area contributed by atoms with Gasteiger partial charge in [0.05, 0.1) is 22.6 Å². The van der Waals surface area contributed by atoms with E-state index in [0.29, 0.717) is 31.7 Å². The Balaban J connectivity index is 1.88. The zero-order valence-electron chi connectivity index (χ0n) is 15.3. The maximum atomic E-state index is 15.7. The monoisotopic (exact) mass is 387 g/mol. The lowest BCUT2D eigenvalue weighted by Gasteiger charge is -2.34. The third kappa shape index (κ3) is 2.46. The predicted molar refractivity (Wildman–Crippen MR) is 102 cm³/mol. The van der Waals surface area contributed by atoms with Gasteiger partial charge in [0.1, 0.15) is 16.9 Å². The fraction of sp³-hybridized carbons (Fsp3) is 0.421. The second-order valence-corrected chi connectivity index (χ2v) is 7.60. The molecule has 3 aromatic rings. The van der Waals surface area contributed by atoms with Crippen LogP contribution >= 0.6 is 0 Å². The molecular weight excluding hydrogens is 368 g/mol. The summed E-state index contributed by atoms with van der Waals surface area (Å²) in [6.45, 7) is 2.39. The molecule has 0 bridgehead atoms. The van der Waals surface area contributed by atoms with Crippen LogP contribution in [-0.4, -0.2) is 52.9 Å². The highest BCUT2D eigenvalue weighted by Crippen LogP contribution is 2.41. The van der Waals surface area contributed by atoms with Crippen molar-refractivity contribution in [3.05, 3.63) is 44.5 Å². The fourth-order valence-electron chi connectivity index (χ4n) is 4.09. The van der Waals surface area contributed by atoms with Crippen molar-refractivity contribution in [3.8, 4) is 0 Å². The lowest BCUT2D eigenvalue weighted by atomic mass is 10.1. The standard InChI is InChI=1S/C19H19F2N5O2/c1-24-4-6-25(7-5-24)17-12(20)8-11-16(15(17)21)26(10-2-3-10)13-9-22-23-19(28)14(13)18(11)27/h8-10H,2-7H2,1H3,(H,23,28). The first-order valence-corrected chi connectivity index (χ1v) is 9.34. The van der Waals surface area contributed by atoms with Crippen LogP contribution < -0.4 is 15.9 Å². The van der Waals surface area contributed by atoms with Gasteiger partial charge in [-0.15, -0.1) is 0 Å². The van der Waals surface area contributed by atoms with Crippen LogP contribution in [0.1, 0.15) is 18.9 Å². The van der Waals surface area contributed by atoms with E-state index in [0.717, 1.165) is 18.9 Å². The summed E-state index contributed by atoms with van der Waals surface area (Å²) < 4.78 is 32.3. The number of benzene rings is 1. The van der Waals surface area contributed by atoms with Gasteiger partial charge in [-0.1, -0.05) is 0 Å². The van der Waals surface area contributed by atoms with Crippen LogP contribution in [0.3, 0.4) is 0 Å². The molecule has 1 saturated carbocycles. The summed E-state index contributed by atoms with van der Waals surface area (Å²) in [5.74, 6) is -1.52. The van der Waals surface area contributed by atoms with E-state index < -0.39 is 22.6 Å². The van der Waals surface area contributed by atoms with Crippen molar-refractivity contribution in [1.29, 1.82) is 0 Å². The van der Waals surface area contributed by atoms with Crippen molar-refractivity contribution in [1.82, 2.24) is 19.7 Å². The minimum atomic E-state index is -0.779. The Morgan fingerprint density at radius 2 is 1.86 bits per heavy atom. The first kappa shape index (κ1) is 17.3. The number of H-pyrrole nitrogens is 1. The van der Waals surface area contributed by atoms with Crippen LogP contribution in [-0.2, 0) is 0 Å². The third-order valence-electron chi connectivity index (χ3n) is 5.71. The molecule has 0 spiro atoms. The zero-order chi connectivity index (χ0) is 19.6. The Labute approximate surface area is 158 Å². The molecule has 0 atom stereocenters. The van der Waals surface area contributed by atoms with Gasteiger partial charge in [0, 0.05) is 32.2 Å². The minimum Gasteiger partial charge on any atom is -0.364 e. The fourth-order valence-corrected chi connectivity index (χ4v) is 4.09. The SMILES string of the molecule is CN1CCN(c2c(F)cc3c(=O)c4c(=O)[nH]ncc4n(C4CC4)c3c2F)CC1. The van der Waals surface area contributed by atoms with E-state index in [4.69, 9.17) is 0 Å². The van der Waals surface area contributed by atoms with Gasteiger partial charge in [0.15, 0.2) is 5.82 Å². The second-order valence-electron chi connectivity index (χ2n) is 7.60. The highest BCUT2D eigenvalue weighted by atomic mass is 19.1. The zero-order valence-corrected chi connectivity index (χ0v) is 15.3. The number of aromatic amines is 1. The first-order chi connectivity index (χ1) is 13.5. The van der Waals surface area contributed by atoms with Gasteiger partial charge in [-0.25, -0.2) is 13.9 Å². The smallest absolute Gasteiger partial charge is 0.277 e. The van der Waals surface area contributed by atoms with Crippen LogP contribution in [0.5, 0.6) is 0 Å². The average molecular weight is 387 g/mol. The molecule has 1 N–H and O–H groups in total. The van der Waals surface area contributed by atoms with Crippen molar-refractivity contribution in [2.75, 3.05) is 38.1 Å². The van der Waals surface area contributed by atoms with Gasteiger partial charge in [0.2, 0.25) is 5.43 Å². The quantitative estimate of drug-likeness (QED) is 0.677. The van der Waals surface area contributed by atoms with E-state index in [9.17, 15) is 14.0 Å². The second kappa shape index (κ2) is 6.10. The molecule has 1 saturated heterocycles. The van der Waals surface area contributed by atoms with E-state index in [1.54, 1.807) is 9.47 Å². The summed E-state index contributed by atoms with van der Waals surface area (Å²) in [5, 5.41) is 5.81. The summed E-state index contributed by atoms with van der Waals surface area (Å²) in [7, 11) is 1.96. The number of nitrogens with zero attached hydrogens (tertiary/aromatic N) is 4. The Hall–Kier alpha value is -2.81. The molecule has 146 valence electrons. The van der Waals surface area contributed by atoms with Gasteiger partial charge in [0.25, 0.3) is 5.56 Å². The van der Waals surface area contributed by atoms with E-state index in [2.05, 4.69) is 15.1 Å². The molecule has 1 aromatic carbocycles. The number of pyridine rings is 1. The third-order valence-corrected chi connectivity index (χ3v) is 5.71. The predicted octanol–water partition coefficient (Wildman–Crippen LogP) is 1.60.